The van der Waals surface area contributed by atoms with Crippen molar-refractivity contribution < 1.29 is 13.6 Å². The van der Waals surface area contributed by atoms with Crippen LogP contribution >= 0.6 is 0 Å². The Bertz CT molecular complexity index is 495. The molecule has 1 aromatic carbocycles. The van der Waals surface area contributed by atoms with E-state index in [0.717, 1.165) is 18.2 Å². The summed E-state index contributed by atoms with van der Waals surface area (Å²) in [5.41, 5.74) is 5.75. The molecule has 1 fully saturated rings. The highest BCUT2D eigenvalue weighted by molar-refractivity contribution is 5.77. The van der Waals surface area contributed by atoms with Gasteiger partial charge in [-0.15, -0.1) is 0 Å². The van der Waals surface area contributed by atoms with Crippen LogP contribution in [-0.2, 0) is 0 Å². The first-order valence-corrected chi connectivity index (χ1v) is 6.14. The number of urea groups is 1. The zero-order chi connectivity index (χ0) is 14.2. The van der Waals surface area contributed by atoms with E-state index >= 15 is 0 Å². The molecule has 1 aromatic rings. The van der Waals surface area contributed by atoms with Crippen LogP contribution in [0, 0.1) is 11.6 Å². The number of carbonyl (C=O) groups excluding carboxylic acids is 1. The van der Waals surface area contributed by atoms with Crippen molar-refractivity contribution in [1.82, 2.24) is 9.80 Å². The molecule has 0 aromatic heterocycles. The van der Waals surface area contributed by atoms with Gasteiger partial charge in [0.2, 0.25) is 0 Å². The topological polar surface area (TPSA) is 49.6 Å². The molecule has 1 heterocycles. The van der Waals surface area contributed by atoms with E-state index < -0.39 is 17.7 Å². The second-order valence-electron chi connectivity index (χ2n) is 4.81. The number of benzene rings is 1. The molecule has 0 bridgehead atoms. The Morgan fingerprint density at radius 3 is 2.79 bits per heavy atom. The van der Waals surface area contributed by atoms with E-state index in [9.17, 15) is 13.6 Å². The zero-order valence-corrected chi connectivity index (χ0v) is 10.9. The van der Waals surface area contributed by atoms with Crippen LogP contribution in [0.5, 0.6) is 0 Å². The summed E-state index contributed by atoms with van der Waals surface area (Å²) in [6.07, 6.45) is 0. The third-order valence-corrected chi connectivity index (χ3v) is 3.57. The first-order chi connectivity index (χ1) is 8.95. The fraction of sp³-hybridized carbons (Fsp3) is 0.462. The summed E-state index contributed by atoms with van der Waals surface area (Å²) in [5, 5.41) is 0. The van der Waals surface area contributed by atoms with E-state index in [1.165, 1.54) is 4.90 Å². The van der Waals surface area contributed by atoms with Crippen LogP contribution < -0.4 is 5.73 Å². The molecule has 1 aliphatic rings. The van der Waals surface area contributed by atoms with Crippen LogP contribution in [0.3, 0.4) is 0 Å². The molecule has 19 heavy (non-hydrogen) atoms. The first kappa shape index (κ1) is 13.7. The van der Waals surface area contributed by atoms with Gasteiger partial charge < -0.3 is 15.5 Å². The third-order valence-electron chi connectivity index (χ3n) is 3.57. The van der Waals surface area contributed by atoms with Crippen molar-refractivity contribution in [2.75, 3.05) is 20.1 Å². The zero-order valence-electron chi connectivity index (χ0n) is 10.9. The number of nitrogens with two attached hydrogens (primary N) is 1. The Kier molecular flexibility index (Phi) is 3.71. The standard InChI is InChI=1S/C13H17F2N3O/c1-8(6-16)18-7-12(17(2)13(18)19)10-5-9(14)3-4-11(10)15/h3-5,8,12H,6-7,16H2,1-2H3. The molecule has 1 saturated heterocycles. The molecule has 6 heteroatoms. The Morgan fingerprint density at radius 2 is 2.16 bits per heavy atom. The summed E-state index contributed by atoms with van der Waals surface area (Å²) < 4.78 is 27.0. The van der Waals surface area contributed by atoms with Crippen molar-refractivity contribution >= 4 is 6.03 Å². The fourth-order valence-corrected chi connectivity index (χ4v) is 2.30. The molecule has 2 amide bonds. The number of carbonyl (C=O) groups is 1. The van der Waals surface area contributed by atoms with Crippen LogP contribution in [0.1, 0.15) is 18.5 Å². The first-order valence-electron chi connectivity index (χ1n) is 6.14. The summed E-state index contributed by atoms with van der Waals surface area (Å²) in [7, 11) is 1.58. The van der Waals surface area contributed by atoms with Crippen molar-refractivity contribution in [3.8, 4) is 0 Å². The predicted molar refractivity (Wildman–Crippen MR) is 67.5 cm³/mol. The van der Waals surface area contributed by atoms with Gasteiger partial charge in [0, 0.05) is 31.7 Å². The summed E-state index contributed by atoms with van der Waals surface area (Å²) in [4.78, 5) is 15.1. The lowest BCUT2D eigenvalue weighted by molar-refractivity contribution is 0.185. The largest absolute Gasteiger partial charge is 0.328 e. The molecule has 0 spiro atoms. The van der Waals surface area contributed by atoms with Crippen molar-refractivity contribution in [3.05, 3.63) is 35.4 Å². The Hall–Kier alpha value is -1.69. The average Bonchev–Trinajstić information content (AvgIpc) is 2.69. The molecular formula is C13H17F2N3O. The molecular weight excluding hydrogens is 252 g/mol. The molecule has 2 rings (SSSR count). The smallest absolute Gasteiger partial charge is 0.320 e. The number of amides is 2. The monoisotopic (exact) mass is 269 g/mol. The quantitative estimate of drug-likeness (QED) is 0.908. The maximum Gasteiger partial charge on any atom is 0.320 e. The number of halogens is 2. The SMILES string of the molecule is CC(CN)N1CC(c2cc(F)ccc2F)N(C)C1=O. The minimum absolute atomic E-state index is 0.128. The van der Waals surface area contributed by atoms with Crippen molar-refractivity contribution in [2.45, 2.75) is 19.0 Å². The van der Waals surface area contributed by atoms with E-state index in [1.54, 1.807) is 11.9 Å². The second-order valence-corrected chi connectivity index (χ2v) is 4.81. The van der Waals surface area contributed by atoms with Gasteiger partial charge in [-0.25, -0.2) is 13.6 Å². The van der Waals surface area contributed by atoms with E-state index in [2.05, 4.69) is 0 Å². The highest BCUT2D eigenvalue weighted by Gasteiger charge is 2.38. The van der Waals surface area contributed by atoms with Gasteiger partial charge >= 0.3 is 6.03 Å². The number of likely N-dealkylation sites (N-methyl/N-ethyl adjacent to an activating group) is 1. The number of hydrogen-bond acceptors (Lipinski definition) is 2. The van der Waals surface area contributed by atoms with Crippen LogP contribution in [0.25, 0.3) is 0 Å². The minimum Gasteiger partial charge on any atom is -0.328 e. The maximum absolute atomic E-state index is 13.8. The fourth-order valence-electron chi connectivity index (χ4n) is 2.30. The molecule has 0 aliphatic carbocycles. The van der Waals surface area contributed by atoms with Gasteiger partial charge in [0.1, 0.15) is 11.6 Å². The summed E-state index contributed by atoms with van der Waals surface area (Å²) in [6.45, 7) is 2.47. The van der Waals surface area contributed by atoms with Gasteiger partial charge in [-0.3, -0.25) is 0 Å². The van der Waals surface area contributed by atoms with E-state index in [1.807, 2.05) is 6.92 Å². The Labute approximate surface area is 110 Å². The van der Waals surface area contributed by atoms with E-state index in [0.29, 0.717) is 13.1 Å². The lowest BCUT2D eigenvalue weighted by atomic mass is 10.1. The summed E-state index contributed by atoms with van der Waals surface area (Å²) in [6, 6.07) is 2.45. The van der Waals surface area contributed by atoms with Gasteiger partial charge in [0.15, 0.2) is 0 Å². The lowest BCUT2D eigenvalue weighted by Crippen LogP contribution is -2.40. The van der Waals surface area contributed by atoms with Crippen LogP contribution in [-0.4, -0.2) is 42.0 Å². The number of rotatable bonds is 3. The number of nitrogens with zero attached hydrogens (tertiary/aromatic N) is 2. The van der Waals surface area contributed by atoms with E-state index in [4.69, 9.17) is 5.73 Å². The normalized spacial score (nSPS) is 21.1. The van der Waals surface area contributed by atoms with Gasteiger partial charge in [-0.1, -0.05) is 0 Å². The molecule has 0 saturated carbocycles. The molecule has 104 valence electrons. The van der Waals surface area contributed by atoms with Gasteiger partial charge in [0.25, 0.3) is 0 Å². The van der Waals surface area contributed by atoms with Gasteiger partial charge in [-0.2, -0.15) is 0 Å². The Morgan fingerprint density at radius 1 is 1.47 bits per heavy atom. The summed E-state index contributed by atoms with van der Waals surface area (Å²) >= 11 is 0. The molecule has 1 aliphatic heterocycles. The maximum atomic E-state index is 13.8. The van der Waals surface area contributed by atoms with Crippen LogP contribution in [0.15, 0.2) is 18.2 Å². The molecule has 2 atom stereocenters. The summed E-state index contributed by atoms with van der Waals surface area (Å²) in [5.74, 6) is -1.02. The predicted octanol–water partition coefficient (Wildman–Crippen LogP) is 1.72. The lowest BCUT2D eigenvalue weighted by Gasteiger charge is -2.21. The minimum atomic E-state index is -0.512. The molecule has 0 radical (unpaired) electrons. The van der Waals surface area contributed by atoms with Gasteiger partial charge in [0.05, 0.1) is 6.04 Å². The van der Waals surface area contributed by atoms with Crippen molar-refractivity contribution in [1.29, 1.82) is 0 Å². The molecule has 2 N–H and O–H groups in total. The Balaban J connectivity index is 2.31. The van der Waals surface area contributed by atoms with Gasteiger partial charge in [-0.05, 0) is 25.1 Å². The van der Waals surface area contributed by atoms with Crippen LogP contribution in [0.2, 0.25) is 0 Å². The second kappa shape index (κ2) is 5.13. The molecule has 2 unspecified atom stereocenters. The number of hydrogen-bond donors (Lipinski definition) is 1. The van der Waals surface area contributed by atoms with Crippen LogP contribution in [0.4, 0.5) is 13.6 Å². The average molecular weight is 269 g/mol. The highest BCUT2D eigenvalue weighted by atomic mass is 19.1. The molecule has 4 nitrogen and oxygen atoms in total. The van der Waals surface area contributed by atoms with Crippen molar-refractivity contribution in [2.24, 2.45) is 5.73 Å². The van der Waals surface area contributed by atoms with Crippen molar-refractivity contribution in [3.63, 3.8) is 0 Å². The third kappa shape index (κ3) is 2.40. The highest BCUT2D eigenvalue weighted by Crippen LogP contribution is 2.31. The van der Waals surface area contributed by atoms with E-state index in [-0.39, 0.29) is 17.6 Å².